The van der Waals surface area contributed by atoms with Gasteiger partial charge in [0.05, 0.1) is 44.0 Å². The zero-order chi connectivity index (χ0) is 27.2. The van der Waals surface area contributed by atoms with Crippen molar-refractivity contribution in [2.24, 2.45) is 4.99 Å². The highest BCUT2D eigenvalue weighted by Gasteiger charge is 2.42. The first-order valence-electron chi connectivity index (χ1n) is 12.2. The van der Waals surface area contributed by atoms with Crippen LogP contribution in [-0.4, -0.2) is 42.8 Å². The van der Waals surface area contributed by atoms with Crippen molar-refractivity contribution in [1.29, 1.82) is 0 Å². The maximum absolute atomic E-state index is 13.3. The number of thioether (sulfide) groups is 1. The van der Waals surface area contributed by atoms with Crippen LogP contribution in [0.3, 0.4) is 0 Å². The van der Waals surface area contributed by atoms with Crippen molar-refractivity contribution in [2.75, 3.05) is 20.8 Å². The lowest BCUT2D eigenvalue weighted by Crippen LogP contribution is -2.38. The standard InChI is InChI=1S/C29H31N3O5S/c1-6-14-37-28(34)26-19(3)31-29-32(27(26)23-16-22(35-4)12-13-24(23)36-5)21(17-38-29)15-25(33)30-18(2)20-10-8-7-9-11-20/h6-13,16-18,27H,1,14-15H2,2-5H3,(H,30,33). The van der Waals surface area contributed by atoms with Crippen LogP contribution in [0.1, 0.15) is 43.5 Å². The Labute approximate surface area is 227 Å². The number of nitrogens with zero attached hydrogens (tertiary/aromatic N) is 2. The number of ether oxygens (including phenoxy) is 3. The Morgan fingerprint density at radius 3 is 2.63 bits per heavy atom. The molecule has 198 valence electrons. The molecule has 0 saturated carbocycles. The number of methoxy groups -OCH3 is 2. The van der Waals surface area contributed by atoms with Gasteiger partial charge in [-0.25, -0.2) is 9.79 Å². The average molecular weight is 534 g/mol. The Hall–Kier alpha value is -3.98. The van der Waals surface area contributed by atoms with Crippen molar-refractivity contribution in [3.05, 3.63) is 94.7 Å². The molecule has 2 heterocycles. The van der Waals surface area contributed by atoms with Crippen molar-refractivity contribution in [1.82, 2.24) is 10.2 Å². The van der Waals surface area contributed by atoms with Gasteiger partial charge in [-0.3, -0.25) is 4.79 Å². The van der Waals surface area contributed by atoms with Crippen LogP contribution < -0.4 is 14.8 Å². The third kappa shape index (κ3) is 5.62. The predicted molar refractivity (Wildman–Crippen MR) is 149 cm³/mol. The summed E-state index contributed by atoms with van der Waals surface area (Å²) in [5, 5.41) is 5.63. The molecule has 2 aromatic rings. The Bertz CT molecular complexity index is 1320. The number of amides is 1. The number of hydrogen-bond acceptors (Lipinski definition) is 8. The molecule has 2 atom stereocenters. The fraction of sp³-hybridized carbons (Fsp3) is 0.276. The van der Waals surface area contributed by atoms with Crippen molar-refractivity contribution in [2.45, 2.75) is 32.4 Å². The zero-order valence-corrected chi connectivity index (χ0v) is 22.7. The van der Waals surface area contributed by atoms with Gasteiger partial charge in [-0.15, -0.1) is 0 Å². The maximum atomic E-state index is 13.3. The molecule has 0 radical (unpaired) electrons. The molecule has 4 rings (SSSR count). The monoisotopic (exact) mass is 533 g/mol. The minimum atomic E-state index is -0.648. The largest absolute Gasteiger partial charge is 0.497 e. The van der Waals surface area contributed by atoms with Crippen LogP contribution in [0.5, 0.6) is 11.5 Å². The number of fused-ring (bicyclic) bond motifs is 1. The van der Waals surface area contributed by atoms with E-state index in [1.165, 1.54) is 17.8 Å². The van der Waals surface area contributed by atoms with Crippen LogP contribution in [0.15, 0.2) is 88.6 Å². The molecule has 1 amide bonds. The summed E-state index contributed by atoms with van der Waals surface area (Å²) >= 11 is 1.41. The van der Waals surface area contributed by atoms with Crippen molar-refractivity contribution < 1.29 is 23.8 Å². The number of amidine groups is 1. The Kier molecular flexibility index (Phi) is 8.58. The molecule has 2 aliphatic rings. The number of nitrogens with one attached hydrogen (secondary N) is 1. The summed E-state index contributed by atoms with van der Waals surface area (Å²) in [5.41, 5.74) is 3.30. The van der Waals surface area contributed by atoms with E-state index in [0.717, 1.165) is 5.56 Å². The molecule has 2 aromatic carbocycles. The smallest absolute Gasteiger partial charge is 0.338 e. The summed E-state index contributed by atoms with van der Waals surface area (Å²) < 4.78 is 16.6. The van der Waals surface area contributed by atoms with Crippen LogP contribution in [0.4, 0.5) is 0 Å². The van der Waals surface area contributed by atoms with Gasteiger partial charge in [0, 0.05) is 11.3 Å². The van der Waals surface area contributed by atoms with E-state index >= 15 is 0 Å². The Balaban J connectivity index is 1.70. The topological polar surface area (TPSA) is 89.5 Å². The van der Waals surface area contributed by atoms with E-state index in [4.69, 9.17) is 19.2 Å². The highest BCUT2D eigenvalue weighted by molar-refractivity contribution is 8.16. The molecule has 2 unspecified atom stereocenters. The maximum Gasteiger partial charge on any atom is 0.338 e. The summed E-state index contributed by atoms with van der Waals surface area (Å²) in [6.45, 7) is 7.43. The molecule has 0 saturated heterocycles. The van der Waals surface area contributed by atoms with Gasteiger partial charge >= 0.3 is 5.97 Å². The van der Waals surface area contributed by atoms with E-state index in [1.807, 2.05) is 53.6 Å². The number of hydrogen-bond donors (Lipinski definition) is 1. The number of rotatable bonds is 10. The average Bonchev–Trinajstić information content (AvgIpc) is 3.32. The minimum Gasteiger partial charge on any atom is -0.497 e. The number of aliphatic imine (C=N–C) groups is 1. The van der Waals surface area contributed by atoms with Gasteiger partial charge in [-0.2, -0.15) is 0 Å². The molecule has 0 bridgehead atoms. The van der Waals surface area contributed by atoms with E-state index in [1.54, 1.807) is 33.3 Å². The number of esters is 1. The van der Waals surface area contributed by atoms with E-state index in [9.17, 15) is 9.59 Å². The summed E-state index contributed by atoms with van der Waals surface area (Å²) in [5.74, 6) is 0.511. The third-order valence-electron chi connectivity index (χ3n) is 6.30. The summed E-state index contributed by atoms with van der Waals surface area (Å²) in [7, 11) is 3.15. The second-order valence-corrected chi connectivity index (χ2v) is 9.60. The fourth-order valence-electron chi connectivity index (χ4n) is 4.47. The highest BCUT2D eigenvalue weighted by atomic mass is 32.2. The molecule has 9 heteroatoms. The number of benzene rings is 2. The quantitative estimate of drug-likeness (QED) is 0.329. The first kappa shape index (κ1) is 27.1. The van der Waals surface area contributed by atoms with E-state index < -0.39 is 12.0 Å². The molecule has 8 nitrogen and oxygen atoms in total. The summed E-state index contributed by atoms with van der Waals surface area (Å²) in [6.07, 6.45) is 1.61. The molecule has 2 aliphatic heterocycles. The lowest BCUT2D eigenvalue weighted by atomic mass is 9.92. The first-order valence-corrected chi connectivity index (χ1v) is 13.0. The number of carbonyl (C=O) groups is 2. The normalized spacial score (nSPS) is 17.2. The van der Waals surface area contributed by atoms with Gasteiger partial charge in [0.25, 0.3) is 0 Å². The second kappa shape index (κ2) is 12.0. The van der Waals surface area contributed by atoms with Gasteiger partial charge in [0.2, 0.25) is 5.91 Å². The van der Waals surface area contributed by atoms with E-state index in [0.29, 0.717) is 39.2 Å². The molecule has 38 heavy (non-hydrogen) atoms. The molecular weight excluding hydrogens is 502 g/mol. The zero-order valence-electron chi connectivity index (χ0n) is 21.9. The summed E-state index contributed by atoms with van der Waals surface area (Å²) in [4.78, 5) is 33.1. The molecule has 0 fully saturated rings. The fourth-order valence-corrected chi connectivity index (χ4v) is 5.44. The second-order valence-electron chi connectivity index (χ2n) is 8.76. The third-order valence-corrected chi connectivity index (χ3v) is 7.19. The van der Waals surface area contributed by atoms with Gasteiger partial charge in [0.1, 0.15) is 18.1 Å². The lowest BCUT2D eigenvalue weighted by molar-refractivity contribution is -0.138. The van der Waals surface area contributed by atoms with Gasteiger partial charge < -0.3 is 24.4 Å². The number of allylic oxidation sites excluding steroid dienone is 1. The van der Waals surface area contributed by atoms with Gasteiger partial charge in [0.15, 0.2) is 5.17 Å². The molecule has 0 spiro atoms. The van der Waals surface area contributed by atoms with Crippen LogP contribution in [-0.2, 0) is 14.3 Å². The van der Waals surface area contributed by atoms with Crippen LogP contribution >= 0.6 is 11.8 Å². The van der Waals surface area contributed by atoms with E-state index in [-0.39, 0.29) is 25.0 Å². The molecule has 0 aliphatic carbocycles. The van der Waals surface area contributed by atoms with Crippen LogP contribution in [0, 0.1) is 0 Å². The summed E-state index contributed by atoms with van der Waals surface area (Å²) in [6, 6.07) is 14.4. The van der Waals surface area contributed by atoms with Crippen molar-refractivity contribution in [3.63, 3.8) is 0 Å². The van der Waals surface area contributed by atoms with Gasteiger partial charge in [-0.1, -0.05) is 54.7 Å². The predicted octanol–water partition coefficient (Wildman–Crippen LogP) is 5.28. The number of carbonyl (C=O) groups excluding carboxylic acids is 2. The molecular formula is C29H31N3O5S. The van der Waals surface area contributed by atoms with Crippen LogP contribution in [0.2, 0.25) is 0 Å². The van der Waals surface area contributed by atoms with Crippen LogP contribution in [0.25, 0.3) is 0 Å². The Morgan fingerprint density at radius 2 is 1.95 bits per heavy atom. The highest BCUT2D eigenvalue weighted by Crippen LogP contribution is 2.47. The molecule has 1 N–H and O–H groups in total. The Morgan fingerprint density at radius 1 is 1.18 bits per heavy atom. The first-order chi connectivity index (χ1) is 18.4. The van der Waals surface area contributed by atoms with Crippen molar-refractivity contribution >= 4 is 28.8 Å². The van der Waals surface area contributed by atoms with E-state index in [2.05, 4.69) is 11.9 Å². The lowest BCUT2D eigenvalue weighted by Gasteiger charge is -2.37. The molecule has 0 aromatic heterocycles. The SMILES string of the molecule is C=CCOC(=O)C1=C(C)N=C2SC=C(CC(=O)NC(C)c3ccccc3)N2C1c1cc(OC)ccc1OC. The van der Waals surface area contributed by atoms with Gasteiger partial charge in [-0.05, 0) is 43.0 Å². The minimum absolute atomic E-state index is 0.0609. The van der Waals surface area contributed by atoms with Crippen molar-refractivity contribution in [3.8, 4) is 11.5 Å².